The lowest BCUT2D eigenvalue weighted by Gasteiger charge is -2.07. The highest BCUT2D eigenvalue weighted by Crippen LogP contribution is 2.19. The molecule has 0 saturated carbocycles. The average Bonchev–Trinajstić information content (AvgIpc) is 2.89. The summed E-state index contributed by atoms with van der Waals surface area (Å²) in [5.41, 5.74) is 2.16. The first kappa shape index (κ1) is 14.5. The molecule has 2 rings (SSSR count). The molecule has 0 radical (unpaired) electrons. The number of aromatic nitrogens is 4. The summed E-state index contributed by atoms with van der Waals surface area (Å²) >= 11 is 0. The topological polar surface area (TPSA) is 55.6 Å². The van der Waals surface area contributed by atoms with Crippen LogP contribution in [0.1, 0.15) is 39.0 Å². The first-order chi connectivity index (χ1) is 9.81. The Morgan fingerprint density at radius 2 is 2.00 bits per heavy atom. The van der Waals surface area contributed by atoms with Crippen molar-refractivity contribution >= 4 is 5.69 Å². The first-order valence-corrected chi connectivity index (χ1v) is 7.38. The summed E-state index contributed by atoms with van der Waals surface area (Å²) in [6, 6.07) is 8.23. The fourth-order valence-electron chi connectivity index (χ4n) is 2.20. The third-order valence-corrected chi connectivity index (χ3v) is 3.35. The SMILES string of the molecule is CCCCCCCNc1cccc(-c2nnnn2C)c1. The average molecular weight is 273 g/mol. The van der Waals surface area contributed by atoms with E-state index in [1.165, 1.54) is 32.1 Å². The second kappa shape index (κ2) is 7.62. The molecule has 0 fully saturated rings. The van der Waals surface area contributed by atoms with Crippen LogP contribution in [0.4, 0.5) is 5.69 Å². The monoisotopic (exact) mass is 273 g/mol. The molecule has 0 aliphatic carbocycles. The van der Waals surface area contributed by atoms with Crippen molar-refractivity contribution < 1.29 is 0 Å². The van der Waals surface area contributed by atoms with E-state index in [9.17, 15) is 0 Å². The summed E-state index contributed by atoms with van der Waals surface area (Å²) in [4.78, 5) is 0. The molecule has 108 valence electrons. The Balaban J connectivity index is 1.86. The molecule has 0 atom stereocenters. The van der Waals surface area contributed by atoms with Crippen LogP contribution in [-0.4, -0.2) is 26.8 Å². The van der Waals surface area contributed by atoms with Crippen molar-refractivity contribution in [2.75, 3.05) is 11.9 Å². The van der Waals surface area contributed by atoms with E-state index in [1.807, 2.05) is 19.2 Å². The van der Waals surface area contributed by atoms with E-state index in [0.29, 0.717) is 0 Å². The van der Waals surface area contributed by atoms with Crippen molar-refractivity contribution in [3.63, 3.8) is 0 Å². The molecule has 1 heterocycles. The van der Waals surface area contributed by atoms with Gasteiger partial charge in [-0.1, -0.05) is 44.7 Å². The predicted octanol–water partition coefficient (Wildman–Crippen LogP) is 3.26. The number of benzene rings is 1. The molecule has 1 aromatic carbocycles. The van der Waals surface area contributed by atoms with Gasteiger partial charge in [-0.3, -0.25) is 0 Å². The van der Waals surface area contributed by atoms with Gasteiger partial charge in [0.25, 0.3) is 0 Å². The van der Waals surface area contributed by atoms with Crippen molar-refractivity contribution in [2.45, 2.75) is 39.0 Å². The zero-order valence-electron chi connectivity index (χ0n) is 12.3. The number of nitrogens with one attached hydrogen (secondary N) is 1. The molecular weight excluding hydrogens is 250 g/mol. The van der Waals surface area contributed by atoms with Gasteiger partial charge in [0.05, 0.1) is 0 Å². The highest BCUT2D eigenvalue weighted by molar-refractivity contribution is 5.62. The smallest absolute Gasteiger partial charge is 0.181 e. The molecule has 0 amide bonds. The molecule has 20 heavy (non-hydrogen) atoms. The van der Waals surface area contributed by atoms with Crippen LogP contribution in [0.15, 0.2) is 24.3 Å². The summed E-state index contributed by atoms with van der Waals surface area (Å²) in [6.45, 7) is 3.26. The lowest BCUT2D eigenvalue weighted by atomic mass is 10.1. The largest absolute Gasteiger partial charge is 0.385 e. The molecule has 2 aromatic rings. The Morgan fingerprint density at radius 1 is 1.15 bits per heavy atom. The van der Waals surface area contributed by atoms with Gasteiger partial charge in [0.2, 0.25) is 0 Å². The van der Waals surface area contributed by atoms with Crippen molar-refractivity contribution in [1.82, 2.24) is 20.2 Å². The molecule has 0 aliphatic heterocycles. The summed E-state index contributed by atoms with van der Waals surface area (Å²) < 4.78 is 1.68. The van der Waals surface area contributed by atoms with Gasteiger partial charge in [0, 0.05) is 24.8 Å². The lowest BCUT2D eigenvalue weighted by Crippen LogP contribution is -2.02. The number of tetrazole rings is 1. The number of rotatable bonds is 8. The number of hydrogen-bond acceptors (Lipinski definition) is 4. The van der Waals surface area contributed by atoms with Gasteiger partial charge in [-0.15, -0.1) is 5.10 Å². The van der Waals surface area contributed by atoms with Crippen LogP contribution in [0.2, 0.25) is 0 Å². The number of nitrogens with zero attached hydrogens (tertiary/aromatic N) is 4. The molecular formula is C15H23N5. The van der Waals surface area contributed by atoms with E-state index in [1.54, 1.807) is 4.68 Å². The van der Waals surface area contributed by atoms with Gasteiger partial charge in [0.15, 0.2) is 5.82 Å². The lowest BCUT2D eigenvalue weighted by molar-refractivity contribution is 0.645. The van der Waals surface area contributed by atoms with E-state index in [4.69, 9.17) is 0 Å². The van der Waals surface area contributed by atoms with Crippen LogP contribution < -0.4 is 5.32 Å². The molecule has 1 N–H and O–H groups in total. The molecule has 0 spiro atoms. The Morgan fingerprint density at radius 3 is 2.75 bits per heavy atom. The minimum Gasteiger partial charge on any atom is -0.385 e. The maximum absolute atomic E-state index is 4.03. The Hall–Kier alpha value is -1.91. The summed E-state index contributed by atoms with van der Waals surface area (Å²) in [6.07, 6.45) is 6.49. The minimum atomic E-state index is 0.789. The van der Waals surface area contributed by atoms with Crippen molar-refractivity contribution in [3.05, 3.63) is 24.3 Å². The number of aryl methyl sites for hydroxylation is 1. The van der Waals surface area contributed by atoms with Gasteiger partial charge in [-0.25, -0.2) is 4.68 Å². The van der Waals surface area contributed by atoms with Gasteiger partial charge < -0.3 is 5.32 Å². The second-order valence-corrected chi connectivity index (χ2v) is 5.05. The van der Waals surface area contributed by atoms with E-state index >= 15 is 0 Å². The molecule has 5 nitrogen and oxygen atoms in total. The van der Waals surface area contributed by atoms with E-state index < -0.39 is 0 Å². The Bertz CT molecular complexity index is 520. The summed E-state index contributed by atoms with van der Waals surface area (Å²) in [7, 11) is 1.85. The molecule has 0 saturated heterocycles. The zero-order chi connectivity index (χ0) is 14.2. The van der Waals surface area contributed by atoms with Gasteiger partial charge in [-0.2, -0.15) is 0 Å². The minimum absolute atomic E-state index is 0.789. The second-order valence-electron chi connectivity index (χ2n) is 5.05. The predicted molar refractivity (Wildman–Crippen MR) is 81.5 cm³/mol. The van der Waals surface area contributed by atoms with Crippen molar-refractivity contribution in [3.8, 4) is 11.4 Å². The van der Waals surface area contributed by atoms with Crippen LogP contribution in [0.3, 0.4) is 0 Å². The molecule has 5 heteroatoms. The van der Waals surface area contributed by atoms with Gasteiger partial charge >= 0.3 is 0 Å². The highest BCUT2D eigenvalue weighted by atomic mass is 15.5. The van der Waals surface area contributed by atoms with Gasteiger partial charge in [-0.05, 0) is 29.0 Å². The fourth-order valence-corrected chi connectivity index (χ4v) is 2.20. The highest BCUT2D eigenvalue weighted by Gasteiger charge is 2.05. The fraction of sp³-hybridized carbons (Fsp3) is 0.533. The molecule has 0 unspecified atom stereocenters. The van der Waals surface area contributed by atoms with E-state index in [0.717, 1.165) is 23.6 Å². The maximum atomic E-state index is 4.03. The van der Waals surface area contributed by atoms with Crippen LogP contribution >= 0.6 is 0 Å². The van der Waals surface area contributed by atoms with E-state index in [2.05, 4.69) is 39.9 Å². The summed E-state index contributed by atoms with van der Waals surface area (Å²) in [5.74, 6) is 0.789. The molecule has 1 aromatic heterocycles. The molecule has 0 aliphatic rings. The third kappa shape index (κ3) is 4.05. The standard InChI is InChI=1S/C15H23N5/c1-3-4-5-6-7-11-16-14-10-8-9-13(12-14)15-17-18-19-20(15)2/h8-10,12,16H,3-7,11H2,1-2H3. The summed E-state index contributed by atoms with van der Waals surface area (Å²) in [5, 5.41) is 15.0. The zero-order valence-corrected chi connectivity index (χ0v) is 12.3. The Labute approximate surface area is 120 Å². The van der Waals surface area contributed by atoms with Crippen LogP contribution in [-0.2, 0) is 7.05 Å². The molecule has 0 bridgehead atoms. The Kier molecular flexibility index (Phi) is 5.53. The van der Waals surface area contributed by atoms with Gasteiger partial charge in [0.1, 0.15) is 0 Å². The first-order valence-electron chi connectivity index (χ1n) is 7.38. The van der Waals surface area contributed by atoms with E-state index in [-0.39, 0.29) is 0 Å². The normalized spacial score (nSPS) is 10.7. The van der Waals surface area contributed by atoms with Crippen LogP contribution in [0.25, 0.3) is 11.4 Å². The number of hydrogen-bond donors (Lipinski definition) is 1. The quantitative estimate of drug-likeness (QED) is 0.750. The number of anilines is 1. The van der Waals surface area contributed by atoms with Crippen molar-refractivity contribution in [2.24, 2.45) is 7.05 Å². The maximum Gasteiger partial charge on any atom is 0.181 e. The third-order valence-electron chi connectivity index (χ3n) is 3.35. The van der Waals surface area contributed by atoms with Crippen LogP contribution in [0, 0.1) is 0 Å². The van der Waals surface area contributed by atoms with Crippen LogP contribution in [0.5, 0.6) is 0 Å². The number of unbranched alkanes of at least 4 members (excludes halogenated alkanes) is 4. The van der Waals surface area contributed by atoms with Crippen molar-refractivity contribution in [1.29, 1.82) is 0 Å².